The summed E-state index contributed by atoms with van der Waals surface area (Å²) in [6.45, 7) is 8.22. The van der Waals surface area contributed by atoms with Gasteiger partial charge in [0.2, 0.25) is 0 Å². The Balaban J connectivity index is 2.37. The van der Waals surface area contributed by atoms with Crippen molar-refractivity contribution in [2.24, 2.45) is 0 Å². The molecule has 0 aliphatic heterocycles. The van der Waals surface area contributed by atoms with Crippen LogP contribution in [0, 0.1) is 0 Å². The fourth-order valence-electron chi connectivity index (χ4n) is 1.18. The van der Waals surface area contributed by atoms with Crippen LogP contribution in [0.25, 0.3) is 0 Å². The van der Waals surface area contributed by atoms with Gasteiger partial charge in [-0.05, 0) is 44.2 Å². The van der Waals surface area contributed by atoms with Crippen LogP contribution in [-0.4, -0.2) is 11.7 Å². The minimum absolute atomic E-state index is 0.362. The Labute approximate surface area is 101 Å². The van der Waals surface area contributed by atoms with Crippen molar-refractivity contribution < 1.29 is 9.53 Å². The smallest absolute Gasteiger partial charge is 0.407 e. The number of carbonyl (C=O) groups is 1. The van der Waals surface area contributed by atoms with Crippen molar-refractivity contribution in [3.8, 4) is 0 Å². The van der Waals surface area contributed by atoms with Gasteiger partial charge in [0.1, 0.15) is 5.60 Å². The second-order valence-corrected chi connectivity index (χ2v) is 5.63. The number of carbonyl (C=O) groups excluding carboxylic acids is 1. The highest BCUT2D eigenvalue weighted by Gasteiger charge is 2.15. The summed E-state index contributed by atoms with van der Waals surface area (Å²) in [7, 11) is 0. The standard InChI is InChI=1S/C12H19NO2S/c1-5-9-6-10(16-8-9)7-13-11(14)15-12(2,3)4/h6,8H,5,7H2,1-4H3,(H,13,14). The predicted octanol–water partition coefficient (Wildman–Crippen LogP) is 3.34. The van der Waals surface area contributed by atoms with E-state index in [0.29, 0.717) is 6.54 Å². The van der Waals surface area contributed by atoms with E-state index in [1.54, 1.807) is 11.3 Å². The molecule has 1 aromatic rings. The van der Waals surface area contributed by atoms with E-state index in [1.807, 2.05) is 20.8 Å². The molecule has 0 spiro atoms. The summed E-state index contributed by atoms with van der Waals surface area (Å²) in [4.78, 5) is 12.5. The average molecular weight is 241 g/mol. The molecule has 1 rings (SSSR count). The summed E-state index contributed by atoms with van der Waals surface area (Å²) in [5.74, 6) is 0. The van der Waals surface area contributed by atoms with E-state index >= 15 is 0 Å². The molecule has 3 nitrogen and oxygen atoms in total. The van der Waals surface area contributed by atoms with Crippen LogP contribution < -0.4 is 5.32 Å². The van der Waals surface area contributed by atoms with Gasteiger partial charge >= 0.3 is 6.09 Å². The molecule has 1 amide bonds. The monoisotopic (exact) mass is 241 g/mol. The van der Waals surface area contributed by atoms with Gasteiger partial charge in [-0.1, -0.05) is 6.92 Å². The molecule has 0 aliphatic rings. The van der Waals surface area contributed by atoms with E-state index in [9.17, 15) is 4.79 Å². The molecule has 1 N–H and O–H groups in total. The van der Waals surface area contributed by atoms with Gasteiger partial charge in [0.15, 0.2) is 0 Å². The number of rotatable bonds is 3. The van der Waals surface area contributed by atoms with E-state index in [4.69, 9.17) is 4.74 Å². The molecule has 0 aliphatic carbocycles. The van der Waals surface area contributed by atoms with Crippen molar-refractivity contribution in [2.75, 3.05) is 0 Å². The molecule has 0 saturated carbocycles. The number of hydrogen-bond donors (Lipinski definition) is 1. The van der Waals surface area contributed by atoms with Crippen LogP contribution in [0.4, 0.5) is 4.79 Å². The predicted molar refractivity (Wildman–Crippen MR) is 66.8 cm³/mol. The summed E-state index contributed by atoms with van der Waals surface area (Å²) in [5.41, 5.74) is 0.875. The first kappa shape index (κ1) is 13.0. The van der Waals surface area contributed by atoms with Crippen molar-refractivity contribution in [1.29, 1.82) is 0 Å². The topological polar surface area (TPSA) is 38.3 Å². The molecular weight excluding hydrogens is 222 g/mol. The summed E-state index contributed by atoms with van der Waals surface area (Å²) >= 11 is 1.66. The lowest BCUT2D eigenvalue weighted by Crippen LogP contribution is -2.31. The van der Waals surface area contributed by atoms with Gasteiger partial charge in [-0.25, -0.2) is 4.79 Å². The zero-order chi connectivity index (χ0) is 12.2. The third-order valence-electron chi connectivity index (χ3n) is 1.92. The molecule has 1 heterocycles. The summed E-state index contributed by atoms with van der Waals surface area (Å²) in [6.07, 6.45) is 0.669. The first-order chi connectivity index (χ1) is 7.40. The van der Waals surface area contributed by atoms with Gasteiger partial charge in [-0.3, -0.25) is 0 Å². The van der Waals surface area contributed by atoms with E-state index in [0.717, 1.165) is 11.3 Å². The Hall–Kier alpha value is -1.03. The normalized spacial score (nSPS) is 11.2. The number of aryl methyl sites for hydroxylation is 1. The minimum atomic E-state index is -0.436. The maximum absolute atomic E-state index is 11.4. The minimum Gasteiger partial charge on any atom is -0.444 e. The van der Waals surface area contributed by atoms with Crippen LogP contribution in [0.5, 0.6) is 0 Å². The SMILES string of the molecule is CCc1csc(CNC(=O)OC(C)(C)C)c1. The van der Waals surface area contributed by atoms with E-state index in [-0.39, 0.29) is 6.09 Å². The molecule has 1 aromatic heterocycles. The third-order valence-corrected chi connectivity index (χ3v) is 2.91. The molecule has 0 atom stereocenters. The van der Waals surface area contributed by atoms with Crippen molar-refractivity contribution in [1.82, 2.24) is 5.32 Å². The average Bonchev–Trinajstić information content (AvgIpc) is 2.59. The van der Waals surface area contributed by atoms with E-state index < -0.39 is 5.60 Å². The fourth-order valence-corrected chi connectivity index (χ4v) is 2.09. The highest BCUT2D eigenvalue weighted by molar-refractivity contribution is 7.10. The van der Waals surface area contributed by atoms with Gasteiger partial charge in [0.05, 0.1) is 6.54 Å². The molecule has 4 heteroatoms. The lowest BCUT2D eigenvalue weighted by Gasteiger charge is -2.19. The Morgan fingerprint density at radius 2 is 2.19 bits per heavy atom. The number of ether oxygens (including phenoxy) is 1. The van der Waals surface area contributed by atoms with Crippen molar-refractivity contribution in [2.45, 2.75) is 46.3 Å². The van der Waals surface area contributed by atoms with Crippen LogP contribution in [0.1, 0.15) is 38.1 Å². The highest BCUT2D eigenvalue weighted by Crippen LogP contribution is 2.15. The zero-order valence-electron chi connectivity index (χ0n) is 10.3. The first-order valence-electron chi connectivity index (χ1n) is 5.44. The van der Waals surface area contributed by atoms with E-state index in [1.165, 1.54) is 5.56 Å². The number of hydrogen-bond acceptors (Lipinski definition) is 3. The van der Waals surface area contributed by atoms with Crippen LogP contribution >= 0.6 is 11.3 Å². The molecule has 0 fully saturated rings. The van der Waals surface area contributed by atoms with Crippen LogP contribution in [0.15, 0.2) is 11.4 Å². The van der Waals surface area contributed by atoms with Crippen LogP contribution in [0.2, 0.25) is 0 Å². The number of nitrogens with one attached hydrogen (secondary N) is 1. The molecule has 0 radical (unpaired) electrons. The molecule has 0 bridgehead atoms. The Morgan fingerprint density at radius 1 is 1.50 bits per heavy atom. The van der Waals surface area contributed by atoms with Crippen molar-refractivity contribution in [3.05, 3.63) is 21.9 Å². The summed E-state index contributed by atoms with van der Waals surface area (Å²) < 4.78 is 5.15. The Bertz CT molecular complexity index is 352. The number of alkyl carbamates (subject to hydrolysis) is 1. The third kappa shape index (κ3) is 4.66. The first-order valence-corrected chi connectivity index (χ1v) is 6.32. The fraction of sp³-hybridized carbons (Fsp3) is 0.583. The largest absolute Gasteiger partial charge is 0.444 e. The number of amides is 1. The van der Waals surface area contributed by atoms with Crippen molar-refractivity contribution in [3.63, 3.8) is 0 Å². The Morgan fingerprint density at radius 3 is 2.69 bits per heavy atom. The lowest BCUT2D eigenvalue weighted by atomic mass is 10.2. The second-order valence-electron chi connectivity index (χ2n) is 4.63. The number of thiophene rings is 1. The maximum atomic E-state index is 11.4. The zero-order valence-corrected chi connectivity index (χ0v) is 11.1. The van der Waals surface area contributed by atoms with Crippen LogP contribution in [0.3, 0.4) is 0 Å². The molecule has 0 aromatic carbocycles. The van der Waals surface area contributed by atoms with Gasteiger partial charge in [0, 0.05) is 4.88 Å². The molecule has 0 saturated heterocycles. The van der Waals surface area contributed by atoms with Gasteiger partial charge < -0.3 is 10.1 Å². The van der Waals surface area contributed by atoms with Gasteiger partial charge in [0.25, 0.3) is 0 Å². The van der Waals surface area contributed by atoms with Crippen LogP contribution in [-0.2, 0) is 17.7 Å². The molecular formula is C12H19NO2S. The lowest BCUT2D eigenvalue weighted by molar-refractivity contribution is 0.0524. The summed E-state index contributed by atoms with van der Waals surface area (Å²) in [5, 5.41) is 4.86. The molecule has 90 valence electrons. The maximum Gasteiger partial charge on any atom is 0.407 e. The Kier molecular flexibility index (Phi) is 4.35. The van der Waals surface area contributed by atoms with Crippen molar-refractivity contribution >= 4 is 17.4 Å². The van der Waals surface area contributed by atoms with E-state index in [2.05, 4.69) is 23.7 Å². The van der Waals surface area contributed by atoms with Gasteiger partial charge in [-0.2, -0.15) is 0 Å². The molecule has 0 unspecified atom stereocenters. The quantitative estimate of drug-likeness (QED) is 0.881. The summed E-state index contributed by atoms with van der Waals surface area (Å²) in [6, 6.07) is 2.11. The van der Waals surface area contributed by atoms with Gasteiger partial charge in [-0.15, -0.1) is 11.3 Å². The second kappa shape index (κ2) is 5.34. The molecule has 16 heavy (non-hydrogen) atoms. The highest BCUT2D eigenvalue weighted by atomic mass is 32.1.